The first-order valence-electron chi connectivity index (χ1n) is 8.26. The van der Waals surface area contributed by atoms with Crippen molar-refractivity contribution in [3.63, 3.8) is 0 Å². The summed E-state index contributed by atoms with van der Waals surface area (Å²) in [6.45, 7) is 0.338. The van der Waals surface area contributed by atoms with Gasteiger partial charge in [-0.05, 0) is 47.9 Å². The minimum Gasteiger partial charge on any atom is -0.334 e. The molecule has 0 unspecified atom stereocenters. The van der Waals surface area contributed by atoms with Crippen molar-refractivity contribution >= 4 is 11.3 Å². The third kappa shape index (κ3) is 3.81. The summed E-state index contributed by atoms with van der Waals surface area (Å²) in [4.78, 5) is 4.34. The van der Waals surface area contributed by atoms with E-state index in [1.807, 2.05) is 16.8 Å². The number of rotatable bonds is 6. The summed E-state index contributed by atoms with van der Waals surface area (Å²) in [5, 5.41) is 11.1. The van der Waals surface area contributed by atoms with Crippen LogP contribution in [0.2, 0.25) is 0 Å². The van der Waals surface area contributed by atoms with Crippen molar-refractivity contribution in [1.29, 1.82) is 0 Å². The molecular formula is C18H16F3N3OS. The van der Waals surface area contributed by atoms with Crippen molar-refractivity contribution in [1.82, 2.24) is 15.5 Å². The fourth-order valence-electron chi connectivity index (χ4n) is 2.93. The molecule has 0 amide bonds. The standard InChI is InChI=1S/C18H16F3N3OS/c19-18(20,21)14-3-1-2-12(8-14)16(11-4-5-11)22-9-15-23-17(25-24-15)13-6-7-26-10-13/h1-3,6-8,10-11,16,22H,4-5,9H2/t16-/m1/s1. The zero-order chi connectivity index (χ0) is 18.1. The van der Waals surface area contributed by atoms with Crippen molar-refractivity contribution in [2.45, 2.75) is 31.6 Å². The maximum absolute atomic E-state index is 13.0. The van der Waals surface area contributed by atoms with Gasteiger partial charge in [-0.25, -0.2) is 0 Å². The van der Waals surface area contributed by atoms with Gasteiger partial charge in [0.25, 0.3) is 5.89 Å². The highest BCUT2D eigenvalue weighted by molar-refractivity contribution is 7.08. The van der Waals surface area contributed by atoms with E-state index in [4.69, 9.17) is 4.52 Å². The van der Waals surface area contributed by atoms with Crippen molar-refractivity contribution in [3.05, 3.63) is 58.0 Å². The molecule has 26 heavy (non-hydrogen) atoms. The average Bonchev–Trinajstić information content (AvgIpc) is 3.11. The predicted molar refractivity (Wildman–Crippen MR) is 91.4 cm³/mol. The lowest BCUT2D eigenvalue weighted by Crippen LogP contribution is -2.23. The largest absolute Gasteiger partial charge is 0.416 e. The molecule has 4 nitrogen and oxygen atoms in total. The second-order valence-electron chi connectivity index (χ2n) is 6.35. The van der Waals surface area contributed by atoms with E-state index in [1.54, 1.807) is 6.07 Å². The van der Waals surface area contributed by atoms with Crippen LogP contribution in [-0.2, 0) is 12.7 Å². The van der Waals surface area contributed by atoms with Crippen LogP contribution < -0.4 is 5.32 Å². The Kier molecular flexibility index (Phi) is 4.54. The van der Waals surface area contributed by atoms with Gasteiger partial charge in [-0.3, -0.25) is 0 Å². The van der Waals surface area contributed by atoms with E-state index >= 15 is 0 Å². The van der Waals surface area contributed by atoms with Crippen LogP contribution in [0.25, 0.3) is 11.5 Å². The Hall–Kier alpha value is -2.19. The molecule has 8 heteroatoms. The lowest BCUT2D eigenvalue weighted by molar-refractivity contribution is -0.137. The highest BCUT2D eigenvalue weighted by atomic mass is 32.1. The van der Waals surface area contributed by atoms with E-state index in [9.17, 15) is 13.2 Å². The first-order chi connectivity index (χ1) is 12.5. The predicted octanol–water partition coefficient (Wildman–Crippen LogP) is 5.06. The fourth-order valence-corrected chi connectivity index (χ4v) is 3.55. The van der Waals surface area contributed by atoms with Crippen LogP contribution in [0.15, 0.2) is 45.6 Å². The Balaban J connectivity index is 1.48. The van der Waals surface area contributed by atoms with Gasteiger partial charge < -0.3 is 9.84 Å². The monoisotopic (exact) mass is 379 g/mol. The topological polar surface area (TPSA) is 51.0 Å². The number of nitrogens with zero attached hydrogens (tertiary/aromatic N) is 2. The van der Waals surface area contributed by atoms with Crippen LogP contribution in [0.5, 0.6) is 0 Å². The number of benzene rings is 1. The molecule has 1 aromatic carbocycles. The second kappa shape index (κ2) is 6.85. The van der Waals surface area contributed by atoms with Gasteiger partial charge in [-0.15, -0.1) is 0 Å². The molecule has 1 aliphatic rings. The number of alkyl halides is 3. The normalized spacial score (nSPS) is 16.0. The number of hydrogen-bond donors (Lipinski definition) is 1. The van der Waals surface area contributed by atoms with Crippen LogP contribution in [0.4, 0.5) is 13.2 Å². The van der Waals surface area contributed by atoms with E-state index < -0.39 is 11.7 Å². The quantitative estimate of drug-likeness (QED) is 0.651. The van der Waals surface area contributed by atoms with Gasteiger partial charge in [-0.2, -0.15) is 29.5 Å². The Labute approximate surface area is 152 Å². The molecule has 3 aromatic rings. The summed E-state index contributed by atoms with van der Waals surface area (Å²) < 4.78 is 44.2. The van der Waals surface area contributed by atoms with Crippen molar-refractivity contribution in [3.8, 4) is 11.5 Å². The van der Waals surface area contributed by atoms with E-state index in [-0.39, 0.29) is 6.04 Å². The first-order valence-corrected chi connectivity index (χ1v) is 9.21. The average molecular weight is 379 g/mol. The molecule has 1 N–H and O–H groups in total. The Morgan fingerprint density at radius 3 is 2.81 bits per heavy atom. The number of aromatic nitrogens is 2. The molecule has 0 radical (unpaired) electrons. The summed E-state index contributed by atoms with van der Waals surface area (Å²) in [6, 6.07) is 7.25. The maximum Gasteiger partial charge on any atom is 0.416 e. The molecule has 136 valence electrons. The number of hydrogen-bond acceptors (Lipinski definition) is 5. The zero-order valence-electron chi connectivity index (χ0n) is 13.7. The molecule has 0 saturated heterocycles. The minimum absolute atomic E-state index is 0.152. The summed E-state index contributed by atoms with van der Waals surface area (Å²) >= 11 is 1.54. The third-order valence-electron chi connectivity index (χ3n) is 4.38. The number of halogens is 3. The van der Waals surface area contributed by atoms with Crippen molar-refractivity contribution in [2.24, 2.45) is 5.92 Å². The van der Waals surface area contributed by atoms with E-state index in [0.717, 1.165) is 24.5 Å². The second-order valence-corrected chi connectivity index (χ2v) is 7.13. The molecular weight excluding hydrogens is 363 g/mol. The SMILES string of the molecule is FC(F)(F)c1cccc([C@H](NCc2noc(-c3ccsc3)n2)C2CC2)c1. The highest BCUT2D eigenvalue weighted by Crippen LogP contribution is 2.42. The Morgan fingerprint density at radius 2 is 2.12 bits per heavy atom. The Morgan fingerprint density at radius 1 is 1.27 bits per heavy atom. The molecule has 1 aliphatic carbocycles. The molecule has 0 aliphatic heterocycles. The molecule has 0 bridgehead atoms. The molecule has 2 aromatic heterocycles. The van der Waals surface area contributed by atoms with E-state index in [1.165, 1.54) is 23.5 Å². The summed E-state index contributed by atoms with van der Waals surface area (Å²) in [5.74, 6) is 1.27. The zero-order valence-corrected chi connectivity index (χ0v) is 14.5. The van der Waals surface area contributed by atoms with Crippen LogP contribution >= 0.6 is 11.3 Å². The van der Waals surface area contributed by atoms with Gasteiger partial charge >= 0.3 is 6.18 Å². The number of thiophene rings is 1. The first kappa shape index (κ1) is 17.2. The Bertz CT molecular complexity index is 872. The van der Waals surface area contributed by atoms with E-state index in [0.29, 0.717) is 29.7 Å². The van der Waals surface area contributed by atoms with Gasteiger partial charge in [0.15, 0.2) is 5.82 Å². The molecule has 1 atom stereocenters. The van der Waals surface area contributed by atoms with Gasteiger partial charge in [0.1, 0.15) is 0 Å². The molecule has 2 heterocycles. The van der Waals surface area contributed by atoms with Gasteiger partial charge in [-0.1, -0.05) is 17.3 Å². The number of nitrogens with one attached hydrogen (secondary N) is 1. The minimum atomic E-state index is -4.34. The van der Waals surface area contributed by atoms with Crippen molar-refractivity contribution < 1.29 is 17.7 Å². The van der Waals surface area contributed by atoms with Crippen molar-refractivity contribution in [2.75, 3.05) is 0 Å². The highest BCUT2D eigenvalue weighted by Gasteiger charge is 2.35. The molecule has 1 saturated carbocycles. The maximum atomic E-state index is 13.0. The molecule has 0 spiro atoms. The lowest BCUT2D eigenvalue weighted by Gasteiger charge is -2.19. The fraction of sp³-hybridized carbons (Fsp3) is 0.333. The van der Waals surface area contributed by atoms with Gasteiger partial charge in [0.2, 0.25) is 0 Å². The van der Waals surface area contributed by atoms with Crippen LogP contribution in [0, 0.1) is 5.92 Å². The molecule has 1 fully saturated rings. The molecule has 4 rings (SSSR count). The van der Waals surface area contributed by atoms with Crippen LogP contribution in [-0.4, -0.2) is 10.1 Å². The third-order valence-corrected chi connectivity index (χ3v) is 5.07. The van der Waals surface area contributed by atoms with Gasteiger partial charge in [0, 0.05) is 11.4 Å². The summed E-state index contributed by atoms with van der Waals surface area (Å²) in [7, 11) is 0. The van der Waals surface area contributed by atoms with Gasteiger partial charge in [0.05, 0.1) is 17.7 Å². The van der Waals surface area contributed by atoms with Crippen LogP contribution in [0.1, 0.15) is 35.8 Å². The summed E-state index contributed by atoms with van der Waals surface area (Å²) in [6.07, 6.45) is -2.34. The van der Waals surface area contributed by atoms with E-state index in [2.05, 4.69) is 15.5 Å². The smallest absolute Gasteiger partial charge is 0.334 e. The lowest BCUT2D eigenvalue weighted by atomic mass is 10.00. The summed E-state index contributed by atoms with van der Waals surface area (Å²) in [5.41, 5.74) is 0.885. The van der Waals surface area contributed by atoms with Crippen LogP contribution in [0.3, 0.4) is 0 Å².